The van der Waals surface area contributed by atoms with Gasteiger partial charge in [0.05, 0.1) is 18.8 Å². The van der Waals surface area contributed by atoms with Crippen LogP contribution in [-0.4, -0.2) is 28.4 Å². The van der Waals surface area contributed by atoms with Gasteiger partial charge >= 0.3 is 0 Å². The molecule has 1 aliphatic heterocycles. The van der Waals surface area contributed by atoms with Crippen LogP contribution in [0.2, 0.25) is 0 Å². The summed E-state index contributed by atoms with van der Waals surface area (Å²) in [6.45, 7) is 4.23. The molecule has 6 heteroatoms. The Labute approximate surface area is 127 Å². The highest BCUT2D eigenvalue weighted by molar-refractivity contribution is 5.60. The number of rotatable bonds is 2. The Balaban J connectivity index is 1.86. The molecule has 0 amide bonds. The highest BCUT2D eigenvalue weighted by Crippen LogP contribution is 2.36. The molecule has 0 aliphatic carbocycles. The summed E-state index contributed by atoms with van der Waals surface area (Å²) in [5.41, 5.74) is 1.59. The number of hydrogen-bond donors (Lipinski definition) is 1. The Morgan fingerprint density at radius 3 is 2.45 bits per heavy atom. The number of benzene rings is 1. The Morgan fingerprint density at radius 2 is 1.86 bits per heavy atom. The lowest BCUT2D eigenvalue weighted by molar-refractivity contribution is 0.00687. The lowest BCUT2D eigenvalue weighted by atomic mass is 9.86. The normalized spacial score (nSPS) is 16.0. The molecule has 0 radical (unpaired) electrons. The van der Waals surface area contributed by atoms with Crippen molar-refractivity contribution in [3.8, 4) is 6.07 Å². The molecule has 1 aromatic carbocycles. The largest absolute Gasteiger partial charge is 0.381 e. The zero-order valence-corrected chi connectivity index (χ0v) is 12.3. The lowest BCUT2D eigenvalue weighted by Crippen LogP contribution is -2.60. The molecule has 0 bridgehead atoms. The van der Waals surface area contributed by atoms with Gasteiger partial charge in [-0.05, 0) is 37.1 Å². The van der Waals surface area contributed by atoms with Gasteiger partial charge in [-0.1, -0.05) is 12.1 Å². The van der Waals surface area contributed by atoms with Crippen molar-refractivity contribution >= 4 is 5.82 Å². The fraction of sp³-hybridized carbons (Fsp3) is 0.312. The first-order valence-electron chi connectivity index (χ1n) is 6.92. The Morgan fingerprint density at radius 1 is 1.23 bits per heavy atom. The van der Waals surface area contributed by atoms with Crippen LogP contribution >= 0.6 is 0 Å². The predicted octanol–water partition coefficient (Wildman–Crippen LogP) is 1.81. The summed E-state index contributed by atoms with van der Waals surface area (Å²) in [6, 6.07) is 7.95. The third-order valence-corrected chi connectivity index (χ3v) is 4.13. The molecule has 5 nitrogen and oxygen atoms in total. The van der Waals surface area contributed by atoms with Crippen LogP contribution in [0.1, 0.15) is 22.4 Å². The topological polar surface area (TPSA) is 73.0 Å². The Kier molecular flexibility index (Phi) is 3.30. The maximum absolute atomic E-state index is 13.0. The van der Waals surface area contributed by atoms with Gasteiger partial charge in [0.2, 0.25) is 0 Å². The van der Waals surface area contributed by atoms with Crippen LogP contribution < -0.4 is 4.90 Å². The van der Waals surface area contributed by atoms with E-state index in [0.717, 1.165) is 11.3 Å². The number of β-amino-alcohol motifs (C(OH)–C–C–N with tert-alkyl or cyclic N) is 1. The number of hydrogen-bond acceptors (Lipinski definition) is 5. The number of anilines is 1. The van der Waals surface area contributed by atoms with Gasteiger partial charge in [0.25, 0.3) is 0 Å². The van der Waals surface area contributed by atoms with E-state index in [9.17, 15) is 14.8 Å². The molecule has 1 aliphatic rings. The molecular weight excluding hydrogens is 283 g/mol. The van der Waals surface area contributed by atoms with Crippen molar-refractivity contribution in [3.05, 3.63) is 52.5 Å². The van der Waals surface area contributed by atoms with Crippen LogP contribution in [0, 0.1) is 31.0 Å². The standard InChI is InChI=1S/C16H15FN4O/c1-10-11(2)19-20-15(14(10)7-18)21-8-16(22,9-21)12-3-5-13(17)6-4-12/h3-6,22H,8-9H2,1-2H3. The second-order valence-electron chi connectivity index (χ2n) is 5.62. The third kappa shape index (κ3) is 2.20. The minimum Gasteiger partial charge on any atom is -0.381 e. The number of aryl methyl sites for hydroxylation is 1. The van der Waals surface area contributed by atoms with E-state index in [-0.39, 0.29) is 5.82 Å². The predicted molar refractivity (Wildman–Crippen MR) is 78.7 cm³/mol. The van der Waals surface area contributed by atoms with E-state index in [1.807, 2.05) is 6.92 Å². The minimum absolute atomic E-state index is 0.296. The summed E-state index contributed by atoms with van der Waals surface area (Å²) >= 11 is 0. The molecule has 1 N–H and O–H groups in total. The molecule has 2 heterocycles. The van der Waals surface area contributed by atoms with Gasteiger partial charge in [0, 0.05) is 0 Å². The maximum atomic E-state index is 13.0. The van der Waals surface area contributed by atoms with Crippen LogP contribution in [0.5, 0.6) is 0 Å². The van der Waals surface area contributed by atoms with Crippen LogP contribution in [0.4, 0.5) is 10.2 Å². The molecule has 22 heavy (non-hydrogen) atoms. The third-order valence-electron chi connectivity index (χ3n) is 4.13. The molecule has 3 rings (SSSR count). The number of aliphatic hydroxyl groups is 1. The fourth-order valence-corrected chi connectivity index (χ4v) is 2.63. The second-order valence-corrected chi connectivity index (χ2v) is 5.62. The molecule has 0 saturated carbocycles. The summed E-state index contributed by atoms with van der Waals surface area (Å²) in [5.74, 6) is 0.146. The van der Waals surface area contributed by atoms with Crippen molar-refractivity contribution in [1.29, 1.82) is 5.26 Å². The van der Waals surface area contributed by atoms with Crippen molar-refractivity contribution in [2.45, 2.75) is 19.4 Å². The van der Waals surface area contributed by atoms with Gasteiger partial charge in [-0.25, -0.2) is 4.39 Å². The number of halogens is 1. The summed E-state index contributed by atoms with van der Waals surface area (Å²) in [6.07, 6.45) is 0. The van der Waals surface area contributed by atoms with E-state index in [1.54, 1.807) is 24.0 Å². The summed E-state index contributed by atoms with van der Waals surface area (Å²) in [4.78, 5) is 1.81. The van der Waals surface area contributed by atoms with E-state index in [2.05, 4.69) is 16.3 Å². The van der Waals surface area contributed by atoms with Crippen LogP contribution in [-0.2, 0) is 5.60 Å². The Hall–Kier alpha value is -2.52. The van der Waals surface area contributed by atoms with E-state index in [4.69, 9.17) is 0 Å². The molecule has 1 saturated heterocycles. The van der Waals surface area contributed by atoms with E-state index >= 15 is 0 Å². The molecule has 0 atom stereocenters. The first-order chi connectivity index (χ1) is 10.4. The minimum atomic E-state index is -1.05. The number of nitrogens with zero attached hydrogens (tertiary/aromatic N) is 4. The Bertz CT molecular complexity index is 761. The summed E-state index contributed by atoms with van der Waals surface area (Å²) in [7, 11) is 0. The van der Waals surface area contributed by atoms with Crippen LogP contribution in [0.3, 0.4) is 0 Å². The molecule has 0 spiro atoms. The first-order valence-corrected chi connectivity index (χ1v) is 6.92. The van der Waals surface area contributed by atoms with E-state index in [0.29, 0.717) is 30.0 Å². The van der Waals surface area contributed by atoms with Gasteiger partial charge in [-0.3, -0.25) is 0 Å². The number of nitriles is 1. The molecular formula is C16H15FN4O. The highest BCUT2D eigenvalue weighted by Gasteiger charge is 2.44. The summed E-state index contributed by atoms with van der Waals surface area (Å²) in [5, 5.41) is 28.1. The molecule has 0 unspecified atom stereocenters. The zero-order valence-electron chi connectivity index (χ0n) is 12.3. The van der Waals surface area contributed by atoms with Crippen molar-refractivity contribution in [2.75, 3.05) is 18.0 Å². The molecule has 1 aromatic heterocycles. The van der Waals surface area contributed by atoms with Crippen molar-refractivity contribution < 1.29 is 9.50 Å². The van der Waals surface area contributed by atoms with Crippen LogP contribution in [0.25, 0.3) is 0 Å². The molecule has 1 fully saturated rings. The van der Waals surface area contributed by atoms with Gasteiger partial charge in [0.15, 0.2) is 5.82 Å². The smallest absolute Gasteiger partial charge is 0.169 e. The first kappa shape index (κ1) is 14.4. The van der Waals surface area contributed by atoms with E-state index < -0.39 is 5.60 Å². The highest BCUT2D eigenvalue weighted by atomic mass is 19.1. The quantitative estimate of drug-likeness (QED) is 0.915. The molecule has 112 valence electrons. The molecule has 2 aromatic rings. The van der Waals surface area contributed by atoms with Gasteiger partial charge in [-0.2, -0.15) is 10.4 Å². The van der Waals surface area contributed by atoms with Gasteiger partial charge in [-0.15, -0.1) is 5.10 Å². The fourth-order valence-electron chi connectivity index (χ4n) is 2.63. The van der Waals surface area contributed by atoms with Gasteiger partial charge in [0.1, 0.15) is 23.1 Å². The SMILES string of the molecule is Cc1nnc(N2CC(O)(c3ccc(F)cc3)C2)c(C#N)c1C. The maximum Gasteiger partial charge on any atom is 0.169 e. The van der Waals surface area contributed by atoms with E-state index in [1.165, 1.54) is 12.1 Å². The van der Waals surface area contributed by atoms with Crippen molar-refractivity contribution in [1.82, 2.24) is 10.2 Å². The lowest BCUT2D eigenvalue weighted by Gasteiger charge is -2.47. The van der Waals surface area contributed by atoms with Crippen molar-refractivity contribution in [3.63, 3.8) is 0 Å². The average Bonchev–Trinajstić information content (AvgIpc) is 2.47. The summed E-state index contributed by atoms with van der Waals surface area (Å²) < 4.78 is 13.0. The van der Waals surface area contributed by atoms with Crippen molar-refractivity contribution in [2.24, 2.45) is 0 Å². The monoisotopic (exact) mass is 298 g/mol. The second kappa shape index (κ2) is 5.04. The number of aromatic nitrogens is 2. The van der Waals surface area contributed by atoms with Crippen LogP contribution in [0.15, 0.2) is 24.3 Å². The zero-order chi connectivity index (χ0) is 15.9. The average molecular weight is 298 g/mol. The van der Waals surface area contributed by atoms with Gasteiger partial charge < -0.3 is 10.0 Å².